The predicted molar refractivity (Wildman–Crippen MR) is 62.3 cm³/mol. The molecule has 0 unspecified atom stereocenters. The van der Waals surface area contributed by atoms with E-state index in [9.17, 15) is 4.79 Å². The molecule has 0 aliphatic heterocycles. The molecule has 2 rings (SSSR count). The van der Waals surface area contributed by atoms with Gasteiger partial charge < -0.3 is 9.84 Å². The van der Waals surface area contributed by atoms with Crippen molar-refractivity contribution in [1.29, 1.82) is 0 Å². The fraction of sp³-hybridized carbons (Fsp3) is 0.167. The number of carboxylic acids is 1. The Morgan fingerprint density at radius 2 is 2.18 bits per heavy atom. The maximum Gasteiger partial charge on any atom is 0.353 e. The number of aromatic carboxylic acids is 1. The molecule has 5 nitrogen and oxygen atoms in total. The summed E-state index contributed by atoms with van der Waals surface area (Å²) in [5.41, 5.74) is 2.56. The largest absolute Gasteiger partial charge is 0.497 e. The number of methoxy groups -OCH3 is 1. The average Bonchev–Trinajstić information content (AvgIpc) is 2.78. The van der Waals surface area contributed by atoms with E-state index in [1.54, 1.807) is 7.11 Å². The Kier molecular flexibility index (Phi) is 2.82. The molecular formula is C12H12N2O3. The van der Waals surface area contributed by atoms with Gasteiger partial charge in [-0.1, -0.05) is 0 Å². The highest BCUT2D eigenvalue weighted by molar-refractivity contribution is 5.87. The van der Waals surface area contributed by atoms with Crippen LogP contribution in [-0.4, -0.2) is 28.4 Å². The number of ether oxygens (including phenoxy) is 1. The van der Waals surface area contributed by atoms with Crippen LogP contribution in [0, 0.1) is 6.92 Å². The van der Waals surface area contributed by atoms with Gasteiger partial charge in [0.1, 0.15) is 11.4 Å². The summed E-state index contributed by atoms with van der Waals surface area (Å²) in [5, 5.41) is 15.3. The first-order chi connectivity index (χ1) is 8.11. The van der Waals surface area contributed by atoms with Gasteiger partial charge in [0.05, 0.1) is 12.8 Å². The second-order valence-electron chi connectivity index (χ2n) is 3.65. The van der Waals surface area contributed by atoms with E-state index in [1.807, 2.05) is 25.1 Å². The van der Waals surface area contributed by atoms with Crippen molar-refractivity contribution in [2.24, 2.45) is 0 Å². The third kappa shape index (κ3) is 2.13. The van der Waals surface area contributed by atoms with Gasteiger partial charge >= 0.3 is 5.97 Å². The first-order valence-corrected chi connectivity index (χ1v) is 5.05. The minimum Gasteiger partial charge on any atom is -0.497 e. The van der Waals surface area contributed by atoms with Crippen molar-refractivity contribution in [2.75, 3.05) is 7.11 Å². The molecule has 5 heteroatoms. The van der Waals surface area contributed by atoms with Crippen LogP contribution in [0.3, 0.4) is 0 Å². The zero-order valence-electron chi connectivity index (χ0n) is 9.52. The summed E-state index contributed by atoms with van der Waals surface area (Å²) in [5.74, 6) is -0.254. The normalized spacial score (nSPS) is 10.2. The Bertz CT molecular complexity index is 561. The van der Waals surface area contributed by atoms with Gasteiger partial charge in [-0.05, 0) is 36.8 Å². The van der Waals surface area contributed by atoms with Gasteiger partial charge in [0.15, 0.2) is 0 Å². The summed E-state index contributed by atoms with van der Waals surface area (Å²) in [6, 6.07) is 7.06. The Balaban J connectivity index is 2.42. The number of carboxylic acid groups (broad SMARTS) is 1. The molecule has 0 atom stereocenters. The van der Waals surface area contributed by atoms with Crippen LogP contribution in [0.4, 0.5) is 0 Å². The number of nitrogens with zero attached hydrogens (tertiary/aromatic N) is 1. The molecule has 0 aliphatic rings. The van der Waals surface area contributed by atoms with Crippen LogP contribution < -0.4 is 4.74 Å². The second-order valence-corrected chi connectivity index (χ2v) is 3.65. The topological polar surface area (TPSA) is 75.2 Å². The van der Waals surface area contributed by atoms with Crippen LogP contribution in [0.15, 0.2) is 24.3 Å². The monoisotopic (exact) mass is 232 g/mol. The molecule has 0 fully saturated rings. The highest BCUT2D eigenvalue weighted by Crippen LogP contribution is 2.25. The van der Waals surface area contributed by atoms with Crippen LogP contribution in [0.5, 0.6) is 5.75 Å². The lowest BCUT2D eigenvalue weighted by atomic mass is 10.1. The average molecular weight is 232 g/mol. The molecule has 0 aliphatic carbocycles. The van der Waals surface area contributed by atoms with E-state index >= 15 is 0 Å². The van der Waals surface area contributed by atoms with Crippen LogP contribution in [0.2, 0.25) is 0 Å². The van der Waals surface area contributed by atoms with E-state index < -0.39 is 5.97 Å². The lowest BCUT2D eigenvalue weighted by Crippen LogP contribution is -1.95. The number of rotatable bonds is 3. The van der Waals surface area contributed by atoms with E-state index in [2.05, 4.69) is 10.2 Å². The molecule has 0 spiro atoms. The fourth-order valence-electron chi connectivity index (χ4n) is 1.62. The Labute approximate surface area is 98.0 Å². The number of H-pyrrole nitrogens is 1. The minimum atomic E-state index is -1.02. The van der Waals surface area contributed by atoms with Gasteiger partial charge in [-0.2, -0.15) is 5.10 Å². The SMILES string of the molecule is COc1ccc(-c2cc(C(=O)O)[nH]n2)c(C)c1. The van der Waals surface area contributed by atoms with E-state index in [4.69, 9.17) is 9.84 Å². The van der Waals surface area contributed by atoms with Gasteiger partial charge in [-0.15, -0.1) is 0 Å². The zero-order valence-corrected chi connectivity index (χ0v) is 9.52. The lowest BCUT2D eigenvalue weighted by Gasteiger charge is -2.05. The molecule has 88 valence electrons. The Morgan fingerprint density at radius 1 is 1.41 bits per heavy atom. The van der Waals surface area contributed by atoms with Crippen molar-refractivity contribution in [3.8, 4) is 17.0 Å². The lowest BCUT2D eigenvalue weighted by molar-refractivity contribution is 0.0690. The molecular weight excluding hydrogens is 220 g/mol. The first-order valence-electron chi connectivity index (χ1n) is 5.05. The molecule has 2 N–H and O–H groups in total. The van der Waals surface area contributed by atoms with Gasteiger partial charge in [-0.3, -0.25) is 5.10 Å². The van der Waals surface area contributed by atoms with Crippen molar-refractivity contribution in [3.63, 3.8) is 0 Å². The summed E-state index contributed by atoms with van der Waals surface area (Å²) in [6.07, 6.45) is 0. The van der Waals surface area contributed by atoms with Crippen LogP contribution in [0.25, 0.3) is 11.3 Å². The number of aromatic amines is 1. The Morgan fingerprint density at radius 3 is 2.71 bits per heavy atom. The molecule has 0 saturated heterocycles. The van der Waals surface area contributed by atoms with Crippen LogP contribution in [-0.2, 0) is 0 Å². The standard InChI is InChI=1S/C12H12N2O3/c1-7-5-8(17-2)3-4-9(7)10-6-11(12(15)16)14-13-10/h3-6H,1-2H3,(H,13,14)(H,15,16). The van der Waals surface area contributed by atoms with E-state index in [-0.39, 0.29) is 5.69 Å². The fourth-order valence-corrected chi connectivity index (χ4v) is 1.62. The molecule has 2 aromatic rings. The molecule has 0 bridgehead atoms. The maximum atomic E-state index is 10.7. The summed E-state index contributed by atoms with van der Waals surface area (Å²) in [7, 11) is 1.60. The predicted octanol–water partition coefficient (Wildman–Crippen LogP) is 2.09. The van der Waals surface area contributed by atoms with E-state index in [0.29, 0.717) is 5.69 Å². The van der Waals surface area contributed by atoms with Gasteiger partial charge in [0.2, 0.25) is 0 Å². The summed E-state index contributed by atoms with van der Waals surface area (Å²) in [6.45, 7) is 1.92. The maximum absolute atomic E-state index is 10.7. The third-order valence-electron chi connectivity index (χ3n) is 2.52. The molecule has 1 aromatic carbocycles. The highest BCUT2D eigenvalue weighted by atomic mass is 16.5. The molecule has 0 radical (unpaired) electrons. The van der Waals surface area contributed by atoms with Gasteiger partial charge in [0.25, 0.3) is 0 Å². The van der Waals surface area contributed by atoms with E-state index in [0.717, 1.165) is 16.9 Å². The van der Waals surface area contributed by atoms with Gasteiger partial charge in [0, 0.05) is 5.56 Å². The number of hydrogen-bond donors (Lipinski definition) is 2. The highest BCUT2D eigenvalue weighted by Gasteiger charge is 2.11. The van der Waals surface area contributed by atoms with Crippen molar-refractivity contribution >= 4 is 5.97 Å². The smallest absolute Gasteiger partial charge is 0.353 e. The summed E-state index contributed by atoms with van der Waals surface area (Å²) >= 11 is 0. The number of aromatic nitrogens is 2. The first kappa shape index (κ1) is 11.2. The number of aryl methyl sites for hydroxylation is 1. The zero-order chi connectivity index (χ0) is 12.4. The summed E-state index contributed by atoms with van der Waals surface area (Å²) in [4.78, 5) is 10.7. The van der Waals surface area contributed by atoms with Crippen molar-refractivity contribution in [1.82, 2.24) is 10.2 Å². The molecule has 0 saturated carbocycles. The summed E-state index contributed by atoms with van der Waals surface area (Å²) < 4.78 is 5.11. The molecule has 1 heterocycles. The minimum absolute atomic E-state index is 0.0789. The molecule has 17 heavy (non-hydrogen) atoms. The number of carbonyl (C=O) groups is 1. The van der Waals surface area contributed by atoms with Crippen molar-refractivity contribution < 1.29 is 14.6 Å². The van der Waals surface area contributed by atoms with Crippen molar-refractivity contribution in [3.05, 3.63) is 35.5 Å². The number of benzene rings is 1. The van der Waals surface area contributed by atoms with E-state index in [1.165, 1.54) is 6.07 Å². The second kappa shape index (κ2) is 4.29. The Hall–Kier alpha value is -2.30. The van der Waals surface area contributed by atoms with Crippen LogP contribution in [0.1, 0.15) is 16.1 Å². The number of hydrogen-bond acceptors (Lipinski definition) is 3. The quantitative estimate of drug-likeness (QED) is 0.849. The van der Waals surface area contributed by atoms with Crippen molar-refractivity contribution in [2.45, 2.75) is 6.92 Å². The third-order valence-corrected chi connectivity index (χ3v) is 2.52. The van der Waals surface area contributed by atoms with Gasteiger partial charge in [-0.25, -0.2) is 4.79 Å². The van der Waals surface area contributed by atoms with Crippen LogP contribution >= 0.6 is 0 Å². The molecule has 1 aromatic heterocycles. The molecule has 0 amide bonds. The number of nitrogens with one attached hydrogen (secondary N) is 1.